The largest absolute Gasteiger partial charge is 0.469 e. The zero-order chi connectivity index (χ0) is 14.0. The molecule has 0 spiro atoms. The number of Topliss-reactive ketones (excluding diaryl/α,β-unsaturated/α-hetero) is 2. The summed E-state index contributed by atoms with van der Waals surface area (Å²) in [6.07, 6.45) is 1.09. The van der Waals surface area contributed by atoms with Gasteiger partial charge in [-0.25, -0.2) is 4.39 Å². The molecule has 0 N–H and O–H groups in total. The molecule has 1 aromatic carbocycles. The van der Waals surface area contributed by atoms with Crippen molar-refractivity contribution >= 4 is 23.2 Å². The number of rotatable bonds is 4. The number of ketones is 2. The number of hydrogen-bond donors (Lipinski definition) is 0. The second-order valence-electron chi connectivity index (χ2n) is 4.04. The Bertz CT molecular complexity index is 646. The van der Waals surface area contributed by atoms with Crippen molar-refractivity contribution in [1.82, 2.24) is 0 Å². The number of hydrogen-bond acceptors (Lipinski definition) is 3. The Hall–Kier alpha value is -1.94. The van der Waals surface area contributed by atoms with E-state index < -0.39 is 11.6 Å². The summed E-state index contributed by atoms with van der Waals surface area (Å²) in [5.41, 5.74) is 0.586. The molecule has 19 heavy (non-hydrogen) atoms. The van der Waals surface area contributed by atoms with Crippen LogP contribution in [-0.4, -0.2) is 11.6 Å². The quantitative estimate of drug-likeness (QED) is 0.631. The molecular weight excluding hydrogens is 271 g/mol. The van der Waals surface area contributed by atoms with Crippen LogP contribution in [-0.2, 0) is 0 Å². The molecule has 0 fully saturated rings. The lowest BCUT2D eigenvalue weighted by atomic mass is 10.0. The second-order valence-corrected chi connectivity index (χ2v) is 4.45. The van der Waals surface area contributed by atoms with Crippen molar-refractivity contribution in [2.75, 3.05) is 0 Å². The number of carbonyl (C=O) groups excluding carboxylic acids is 2. The number of aryl methyl sites for hydroxylation is 1. The Morgan fingerprint density at radius 3 is 2.58 bits per heavy atom. The van der Waals surface area contributed by atoms with E-state index in [-0.39, 0.29) is 22.8 Å². The fourth-order valence-corrected chi connectivity index (χ4v) is 1.87. The minimum Gasteiger partial charge on any atom is -0.469 e. The molecule has 3 nitrogen and oxygen atoms in total. The molecule has 2 aromatic rings. The van der Waals surface area contributed by atoms with Crippen molar-refractivity contribution in [3.8, 4) is 0 Å². The zero-order valence-electron chi connectivity index (χ0n) is 10.1. The third kappa shape index (κ3) is 2.90. The van der Waals surface area contributed by atoms with Crippen LogP contribution in [0.15, 0.2) is 34.9 Å². The first-order chi connectivity index (χ1) is 8.99. The van der Waals surface area contributed by atoms with E-state index in [1.807, 2.05) is 0 Å². The lowest BCUT2D eigenvalue weighted by Gasteiger charge is -2.02. The number of carbonyl (C=O) groups is 2. The molecule has 1 heterocycles. The van der Waals surface area contributed by atoms with E-state index in [1.54, 1.807) is 6.92 Å². The topological polar surface area (TPSA) is 47.3 Å². The van der Waals surface area contributed by atoms with Crippen LogP contribution in [0.3, 0.4) is 0 Å². The summed E-state index contributed by atoms with van der Waals surface area (Å²) >= 11 is 5.59. The van der Waals surface area contributed by atoms with Gasteiger partial charge in [0.1, 0.15) is 11.6 Å². The van der Waals surface area contributed by atoms with Crippen molar-refractivity contribution in [3.05, 3.63) is 58.3 Å². The van der Waals surface area contributed by atoms with Crippen LogP contribution >= 0.6 is 11.6 Å². The molecule has 0 bridgehead atoms. The van der Waals surface area contributed by atoms with E-state index in [1.165, 1.54) is 24.5 Å². The van der Waals surface area contributed by atoms with Gasteiger partial charge in [0, 0.05) is 5.56 Å². The van der Waals surface area contributed by atoms with Gasteiger partial charge in [0.2, 0.25) is 0 Å². The molecule has 0 amide bonds. The van der Waals surface area contributed by atoms with E-state index >= 15 is 0 Å². The SMILES string of the molecule is Cc1occc1C(=O)CC(=O)c1ccc(F)c(Cl)c1. The van der Waals surface area contributed by atoms with Crippen molar-refractivity contribution in [3.63, 3.8) is 0 Å². The summed E-state index contributed by atoms with van der Waals surface area (Å²) in [7, 11) is 0. The van der Waals surface area contributed by atoms with Crippen LogP contribution in [0.1, 0.15) is 32.9 Å². The molecular formula is C14H10ClFO3. The highest BCUT2D eigenvalue weighted by atomic mass is 35.5. The van der Waals surface area contributed by atoms with E-state index in [4.69, 9.17) is 16.0 Å². The smallest absolute Gasteiger partial charge is 0.174 e. The monoisotopic (exact) mass is 280 g/mol. The number of benzene rings is 1. The molecule has 0 aliphatic rings. The average molecular weight is 281 g/mol. The second kappa shape index (κ2) is 5.36. The zero-order valence-corrected chi connectivity index (χ0v) is 10.8. The fraction of sp³-hybridized carbons (Fsp3) is 0.143. The highest BCUT2D eigenvalue weighted by Gasteiger charge is 2.17. The van der Waals surface area contributed by atoms with E-state index in [0.29, 0.717) is 11.3 Å². The molecule has 1 aromatic heterocycles. The lowest BCUT2D eigenvalue weighted by Crippen LogP contribution is -2.09. The Morgan fingerprint density at radius 2 is 2.00 bits per heavy atom. The molecule has 5 heteroatoms. The summed E-state index contributed by atoms with van der Waals surface area (Å²) in [5.74, 6) is -0.880. The standard InChI is InChI=1S/C14H10ClFO3/c1-8-10(4-5-19-8)14(18)7-13(17)9-2-3-12(16)11(15)6-9/h2-6H,7H2,1H3. The highest BCUT2D eigenvalue weighted by molar-refractivity contribution is 6.31. The maximum atomic E-state index is 13.0. The van der Waals surface area contributed by atoms with Gasteiger partial charge in [-0.3, -0.25) is 9.59 Å². The first-order valence-corrected chi connectivity index (χ1v) is 5.92. The highest BCUT2D eigenvalue weighted by Crippen LogP contribution is 2.18. The van der Waals surface area contributed by atoms with Crippen LogP contribution < -0.4 is 0 Å². The Balaban J connectivity index is 2.15. The first kappa shape index (κ1) is 13.5. The minimum absolute atomic E-state index is 0.141. The molecule has 2 rings (SSSR count). The van der Waals surface area contributed by atoms with Crippen molar-refractivity contribution < 1.29 is 18.4 Å². The van der Waals surface area contributed by atoms with E-state index in [9.17, 15) is 14.0 Å². The molecule has 0 saturated carbocycles. The van der Waals surface area contributed by atoms with Gasteiger partial charge in [0.05, 0.1) is 23.3 Å². The summed E-state index contributed by atoms with van der Waals surface area (Å²) in [4.78, 5) is 23.8. The number of halogens is 2. The first-order valence-electron chi connectivity index (χ1n) is 5.54. The van der Waals surface area contributed by atoms with Gasteiger partial charge in [0.15, 0.2) is 11.6 Å². The van der Waals surface area contributed by atoms with E-state index in [2.05, 4.69) is 0 Å². The van der Waals surface area contributed by atoms with Crippen molar-refractivity contribution in [1.29, 1.82) is 0 Å². The van der Waals surface area contributed by atoms with Crippen LogP contribution in [0.2, 0.25) is 5.02 Å². The summed E-state index contributed by atoms with van der Waals surface area (Å²) in [6, 6.07) is 5.14. The lowest BCUT2D eigenvalue weighted by molar-refractivity contribution is 0.0893. The third-order valence-corrected chi connectivity index (χ3v) is 3.01. The molecule has 0 saturated heterocycles. The molecule has 0 radical (unpaired) electrons. The van der Waals surface area contributed by atoms with Gasteiger partial charge < -0.3 is 4.42 Å². The maximum absolute atomic E-state index is 13.0. The van der Waals surface area contributed by atoms with Crippen LogP contribution in [0, 0.1) is 12.7 Å². The molecule has 0 aliphatic heterocycles. The summed E-state index contributed by atoms with van der Waals surface area (Å²) in [5, 5.41) is -0.141. The minimum atomic E-state index is -0.602. The Labute approximate surface area is 114 Å². The number of furan rings is 1. The summed E-state index contributed by atoms with van der Waals surface area (Å²) in [6.45, 7) is 1.65. The van der Waals surface area contributed by atoms with Crippen molar-refractivity contribution in [2.24, 2.45) is 0 Å². The molecule has 0 unspecified atom stereocenters. The molecule has 0 atom stereocenters. The van der Waals surface area contributed by atoms with Crippen LogP contribution in [0.4, 0.5) is 4.39 Å². The molecule has 98 valence electrons. The molecule has 0 aliphatic carbocycles. The third-order valence-electron chi connectivity index (χ3n) is 2.72. The Morgan fingerprint density at radius 1 is 1.26 bits per heavy atom. The maximum Gasteiger partial charge on any atom is 0.174 e. The van der Waals surface area contributed by atoms with Gasteiger partial charge in [-0.1, -0.05) is 11.6 Å². The van der Waals surface area contributed by atoms with E-state index in [0.717, 1.165) is 6.07 Å². The normalized spacial score (nSPS) is 10.5. The van der Waals surface area contributed by atoms with Crippen molar-refractivity contribution in [2.45, 2.75) is 13.3 Å². The van der Waals surface area contributed by atoms with Gasteiger partial charge in [-0.2, -0.15) is 0 Å². The van der Waals surface area contributed by atoms with Gasteiger partial charge >= 0.3 is 0 Å². The van der Waals surface area contributed by atoms with Gasteiger partial charge in [0.25, 0.3) is 0 Å². The Kier molecular flexibility index (Phi) is 3.81. The van der Waals surface area contributed by atoms with Gasteiger partial charge in [-0.05, 0) is 31.2 Å². The van der Waals surface area contributed by atoms with Crippen LogP contribution in [0.25, 0.3) is 0 Å². The average Bonchev–Trinajstić information content (AvgIpc) is 2.79. The van der Waals surface area contributed by atoms with Gasteiger partial charge in [-0.15, -0.1) is 0 Å². The fourth-order valence-electron chi connectivity index (χ4n) is 1.69. The predicted octanol–water partition coefficient (Wildman–Crippen LogP) is 3.84. The van der Waals surface area contributed by atoms with Crippen LogP contribution in [0.5, 0.6) is 0 Å². The predicted molar refractivity (Wildman–Crippen MR) is 68.1 cm³/mol. The summed E-state index contributed by atoms with van der Waals surface area (Å²) < 4.78 is 18.0.